The van der Waals surface area contributed by atoms with Gasteiger partial charge in [0.25, 0.3) is 5.92 Å². The first-order valence-electron chi connectivity index (χ1n) is 7.77. The Morgan fingerprint density at radius 1 is 1.27 bits per heavy atom. The lowest BCUT2D eigenvalue weighted by Crippen LogP contribution is -2.46. The van der Waals surface area contributed by atoms with E-state index in [1.165, 1.54) is 18.2 Å². The van der Waals surface area contributed by atoms with Crippen LogP contribution in [0.3, 0.4) is 0 Å². The largest absolute Gasteiger partial charge is 0.350 e. The molecule has 1 saturated heterocycles. The van der Waals surface area contributed by atoms with Crippen LogP contribution in [-0.4, -0.2) is 50.7 Å². The van der Waals surface area contributed by atoms with Gasteiger partial charge in [-0.3, -0.25) is 4.79 Å². The molecule has 1 aliphatic heterocycles. The van der Waals surface area contributed by atoms with Crippen molar-refractivity contribution >= 4 is 28.3 Å². The van der Waals surface area contributed by atoms with Crippen LogP contribution in [0, 0.1) is 11.7 Å². The summed E-state index contributed by atoms with van der Waals surface area (Å²) in [6.45, 7) is -1.69. The molecule has 148 valence electrons. The van der Waals surface area contributed by atoms with Gasteiger partial charge < -0.3 is 11.1 Å². The van der Waals surface area contributed by atoms with E-state index >= 15 is 0 Å². The van der Waals surface area contributed by atoms with E-state index in [0.717, 1.165) is 10.4 Å². The number of hydrogen-bond acceptors (Lipinski definition) is 4. The Morgan fingerprint density at radius 3 is 2.38 bits per heavy atom. The Labute approximate surface area is 156 Å². The number of hydrogen-bond donors (Lipinski definition) is 2. The van der Waals surface area contributed by atoms with Crippen molar-refractivity contribution in [1.82, 2.24) is 9.62 Å². The third-order valence-corrected chi connectivity index (χ3v) is 6.03. The van der Waals surface area contributed by atoms with Crippen molar-refractivity contribution in [2.75, 3.05) is 26.2 Å². The van der Waals surface area contributed by atoms with E-state index in [1.807, 2.05) is 0 Å². The second kappa shape index (κ2) is 9.03. The molecule has 1 aromatic carbocycles. The van der Waals surface area contributed by atoms with E-state index in [4.69, 9.17) is 5.73 Å². The Morgan fingerprint density at radius 2 is 1.85 bits per heavy atom. The molecule has 1 amide bonds. The minimum absolute atomic E-state index is 0. The maximum absolute atomic E-state index is 13.7. The topological polar surface area (TPSA) is 92.5 Å². The molecular weight excluding hydrogens is 395 g/mol. The molecule has 3 N–H and O–H groups in total. The number of benzene rings is 1. The molecular formula is C15H21ClF3N3O3S. The van der Waals surface area contributed by atoms with Crippen LogP contribution in [0.2, 0.25) is 0 Å². The number of rotatable bonds is 6. The standard InChI is InChI=1S/C15H20F3N3O3S.ClH/c16-12-3-1-2-4-13(12)25(23,24)21-7-5-11(6-8-21)14(22)20-10-15(17,18)9-19;/h1-4,11H,5-10,19H2,(H,20,22);1H. The minimum Gasteiger partial charge on any atom is -0.350 e. The maximum Gasteiger partial charge on any atom is 0.277 e. The van der Waals surface area contributed by atoms with Crippen LogP contribution in [0.25, 0.3) is 0 Å². The summed E-state index contributed by atoms with van der Waals surface area (Å²) in [6.07, 6.45) is 0.349. The first-order valence-corrected chi connectivity index (χ1v) is 9.22. The molecule has 0 atom stereocenters. The van der Waals surface area contributed by atoms with Gasteiger partial charge in [0.1, 0.15) is 10.7 Å². The van der Waals surface area contributed by atoms with Crippen LogP contribution in [0.5, 0.6) is 0 Å². The number of alkyl halides is 2. The predicted molar refractivity (Wildman–Crippen MR) is 92.1 cm³/mol. The number of piperidine rings is 1. The second-order valence-corrected chi connectivity index (χ2v) is 7.79. The number of amides is 1. The average Bonchev–Trinajstić information content (AvgIpc) is 2.60. The highest BCUT2D eigenvalue weighted by Crippen LogP contribution is 2.25. The van der Waals surface area contributed by atoms with E-state index in [1.54, 1.807) is 0 Å². The van der Waals surface area contributed by atoms with Crippen molar-refractivity contribution in [1.29, 1.82) is 0 Å². The number of nitrogens with two attached hydrogens (primary N) is 1. The lowest BCUT2D eigenvalue weighted by atomic mass is 9.97. The monoisotopic (exact) mass is 415 g/mol. The molecule has 2 rings (SSSR count). The zero-order valence-electron chi connectivity index (χ0n) is 13.8. The van der Waals surface area contributed by atoms with Gasteiger partial charge in [-0.05, 0) is 25.0 Å². The van der Waals surface area contributed by atoms with Gasteiger partial charge in [0.05, 0.1) is 13.1 Å². The van der Waals surface area contributed by atoms with Gasteiger partial charge in [-0.15, -0.1) is 12.4 Å². The molecule has 0 aliphatic carbocycles. The predicted octanol–water partition coefficient (Wildman–Crippen LogP) is 1.36. The molecule has 0 radical (unpaired) electrons. The first kappa shape index (κ1) is 22.7. The summed E-state index contributed by atoms with van der Waals surface area (Å²) in [5, 5.41) is 2.14. The van der Waals surface area contributed by atoms with Crippen LogP contribution < -0.4 is 11.1 Å². The molecule has 1 aromatic rings. The van der Waals surface area contributed by atoms with Gasteiger partial charge in [-0.1, -0.05) is 12.1 Å². The number of sulfonamides is 1. The van der Waals surface area contributed by atoms with Crippen LogP contribution in [-0.2, 0) is 14.8 Å². The number of halogens is 4. The van der Waals surface area contributed by atoms with Crippen molar-refractivity contribution < 1.29 is 26.4 Å². The van der Waals surface area contributed by atoms with Crippen molar-refractivity contribution in [2.24, 2.45) is 11.7 Å². The van der Waals surface area contributed by atoms with E-state index in [0.29, 0.717) is 0 Å². The van der Waals surface area contributed by atoms with Gasteiger partial charge in [0, 0.05) is 19.0 Å². The van der Waals surface area contributed by atoms with Crippen LogP contribution in [0.4, 0.5) is 13.2 Å². The lowest BCUT2D eigenvalue weighted by molar-refractivity contribution is -0.127. The smallest absolute Gasteiger partial charge is 0.277 e. The van der Waals surface area contributed by atoms with Crippen molar-refractivity contribution in [3.8, 4) is 0 Å². The average molecular weight is 416 g/mol. The van der Waals surface area contributed by atoms with Gasteiger partial charge in [0.2, 0.25) is 15.9 Å². The molecule has 0 unspecified atom stereocenters. The van der Waals surface area contributed by atoms with Crippen molar-refractivity contribution in [3.63, 3.8) is 0 Å². The molecule has 11 heteroatoms. The van der Waals surface area contributed by atoms with Crippen molar-refractivity contribution in [3.05, 3.63) is 30.1 Å². The van der Waals surface area contributed by atoms with E-state index < -0.39 is 51.6 Å². The molecule has 0 aromatic heterocycles. The molecule has 6 nitrogen and oxygen atoms in total. The van der Waals surface area contributed by atoms with E-state index in [-0.39, 0.29) is 38.3 Å². The number of carbonyl (C=O) groups excluding carboxylic acids is 1. The molecule has 0 saturated carbocycles. The summed E-state index contributed by atoms with van der Waals surface area (Å²) in [5.41, 5.74) is 4.90. The zero-order chi connectivity index (χ0) is 18.7. The normalized spacial score (nSPS) is 16.8. The molecule has 0 bridgehead atoms. The summed E-state index contributed by atoms with van der Waals surface area (Å²) < 4.78 is 65.9. The summed E-state index contributed by atoms with van der Waals surface area (Å²) in [7, 11) is -3.99. The summed E-state index contributed by atoms with van der Waals surface area (Å²) in [6, 6.07) is 5.05. The van der Waals surface area contributed by atoms with Crippen LogP contribution in [0.15, 0.2) is 29.2 Å². The van der Waals surface area contributed by atoms with Crippen molar-refractivity contribution in [2.45, 2.75) is 23.7 Å². The Balaban J connectivity index is 0.00000338. The summed E-state index contributed by atoms with van der Waals surface area (Å²) in [4.78, 5) is 11.5. The van der Waals surface area contributed by atoms with Crippen LogP contribution >= 0.6 is 12.4 Å². The molecule has 26 heavy (non-hydrogen) atoms. The molecule has 1 heterocycles. The highest BCUT2D eigenvalue weighted by molar-refractivity contribution is 7.89. The molecule has 0 spiro atoms. The van der Waals surface area contributed by atoms with Gasteiger partial charge in [0.15, 0.2) is 0 Å². The third kappa shape index (κ3) is 5.32. The third-order valence-electron chi connectivity index (χ3n) is 4.10. The maximum atomic E-state index is 13.7. The number of nitrogens with one attached hydrogen (secondary N) is 1. The van der Waals surface area contributed by atoms with Gasteiger partial charge in [-0.25, -0.2) is 21.6 Å². The summed E-state index contributed by atoms with van der Waals surface area (Å²) in [5.74, 6) is -5.15. The summed E-state index contributed by atoms with van der Waals surface area (Å²) >= 11 is 0. The highest BCUT2D eigenvalue weighted by atomic mass is 35.5. The minimum atomic E-state index is -3.99. The van der Waals surface area contributed by atoms with Gasteiger partial charge >= 0.3 is 0 Å². The number of carbonyl (C=O) groups is 1. The number of nitrogens with zero attached hydrogens (tertiary/aromatic N) is 1. The fraction of sp³-hybridized carbons (Fsp3) is 0.533. The van der Waals surface area contributed by atoms with Crippen LogP contribution in [0.1, 0.15) is 12.8 Å². The van der Waals surface area contributed by atoms with E-state index in [9.17, 15) is 26.4 Å². The lowest BCUT2D eigenvalue weighted by Gasteiger charge is -2.30. The quantitative estimate of drug-likeness (QED) is 0.733. The Kier molecular flexibility index (Phi) is 7.87. The van der Waals surface area contributed by atoms with Gasteiger partial charge in [-0.2, -0.15) is 4.31 Å². The zero-order valence-corrected chi connectivity index (χ0v) is 15.5. The van der Waals surface area contributed by atoms with E-state index in [2.05, 4.69) is 5.32 Å². The molecule has 1 aliphatic rings. The first-order chi connectivity index (χ1) is 11.7. The highest BCUT2D eigenvalue weighted by Gasteiger charge is 2.34. The Bertz CT molecular complexity index is 726. The Hall–Kier alpha value is -1.36. The second-order valence-electron chi connectivity index (χ2n) is 5.89. The fourth-order valence-electron chi connectivity index (χ4n) is 2.58. The SMILES string of the molecule is Cl.NCC(F)(F)CNC(=O)C1CCN(S(=O)(=O)c2ccccc2F)CC1. The fourth-order valence-corrected chi connectivity index (χ4v) is 4.12. The molecule has 1 fully saturated rings.